The SMILES string of the molecule is CC(=O)N[C@@H](CCCN=C(N)N)C(=O)NC(CCCN)C(=O)N[C@@H](Cc1ccc(O)cc1)C(=O)N[C@@H](CCCN=C(N)N)C(=O)N[C@@H](Cc1c[nH]c2ccccc12)C(=O)N[C@@H](CCCN=C(N)N)C(=O)N[C@@H](Cc1ccc(O)cc1)C(N)=O. The van der Waals surface area contributed by atoms with Crippen LogP contribution in [0, 0.1) is 0 Å². The van der Waals surface area contributed by atoms with Crippen LogP contribution in [0.15, 0.2) is 94.0 Å². The number of guanidine groups is 3. The smallest absolute Gasteiger partial charge is 0.243 e. The molecule has 4 aromatic rings. The van der Waals surface area contributed by atoms with Crippen molar-refractivity contribution in [3.63, 3.8) is 0 Å². The highest BCUT2D eigenvalue weighted by Gasteiger charge is 2.35. The number of rotatable bonds is 35. The summed E-state index contributed by atoms with van der Waals surface area (Å²) in [6, 6.07) is 9.41. The van der Waals surface area contributed by atoms with Gasteiger partial charge in [-0.1, -0.05) is 42.5 Å². The van der Waals surface area contributed by atoms with E-state index < -0.39 is 89.6 Å². The molecule has 26 N–H and O–H groups in total. The molecule has 0 saturated heterocycles. The van der Waals surface area contributed by atoms with Crippen molar-refractivity contribution in [3.8, 4) is 11.5 Å². The van der Waals surface area contributed by atoms with E-state index >= 15 is 0 Å². The van der Waals surface area contributed by atoms with Crippen molar-refractivity contribution in [1.82, 2.24) is 42.2 Å². The van der Waals surface area contributed by atoms with Crippen LogP contribution in [0.1, 0.15) is 75.0 Å². The number of nitrogens with one attached hydrogen (secondary N) is 8. The third kappa shape index (κ3) is 23.5. The van der Waals surface area contributed by atoms with E-state index in [0.29, 0.717) is 27.6 Å². The van der Waals surface area contributed by atoms with Gasteiger partial charge in [-0.05, 0) is 105 Å². The number of nitrogens with two attached hydrogens (primary N) is 8. The summed E-state index contributed by atoms with van der Waals surface area (Å²) < 4.78 is 0. The van der Waals surface area contributed by atoms with Crippen molar-refractivity contribution < 1.29 is 48.6 Å². The van der Waals surface area contributed by atoms with Crippen molar-refractivity contribution in [2.45, 2.75) is 120 Å². The average Bonchev–Trinajstić information content (AvgIpc) is 4.12. The van der Waals surface area contributed by atoms with Gasteiger partial charge in [-0.25, -0.2) is 0 Å². The number of para-hydroxylation sites is 1. The van der Waals surface area contributed by atoms with Gasteiger partial charge in [0.25, 0.3) is 0 Å². The van der Waals surface area contributed by atoms with Gasteiger partial charge < -0.3 is 98.3 Å². The minimum Gasteiger partial charge on any atom is -0.508 e. The van der Waals surface area contributed by atoms with Crippen LogP contribution in [-0.2, 0) is 57.6 Å². The topological polar surface area (TPSA) is 522 Å². The number of aromatic nitrogens is 1. The molecule has 29 heteroatoms. The summed E-state index contributed by atoms with van der Waals surface area (Å²) in [7, 11) is 0. The number of hydrogen-bond donors (Lipinski definition) is 18. The Bertz CT molecular complexity index is 2900. The number of hydrogen-bond acceptors (Lipinski definition) is 14. The minimum atomic E-state index is -1.47. The van der Waals surface area contributed by atoms with Crippen LogP contribution in [-0.4, -0.2) is 149 Å². The zero-order chi connectivity index (χ0) is 61.0. The molecule has 4 rings (SSSR count). The lowest BCUT2D eigenvalue weighted by atomic mass is 10.0. The van der Waals surface area contributed by atoms with Gasteiger partial charge in [-0.3, -0.25) is 53.3 Å². The zero-order valence-corrected chi connectivity index (χ0v) is 46.3. The molecule has 0 fully saturated rings. The summed E-state index contributed by atoms with van der Waals surface area (Å²) in [6.07, 6.45) is 1.87. The van der Waals surface area contributed by atoms with E-state index in [1.54, 1.807) is 36.5 Å². The quantitative estimate of drug-likeness (QED) is 0.0120. The molecule has 450 valence electrons. The molecule has 1 aromatic heterocycles. The molecule has 83 heavy (non-hydrogen) atoms. The fourth-order valence-electron chi connectivity index (χ4n) is 8.68. The maximum absolute atomic E-state index is 14.9. The number of aromatic amines is 1. The van der Waals surface area contributed by atoms with Gasteiger partial charge >= 0.3 is 0 Å². The van der Waals surface area contributed by atoms with E-state index in [1.807, 2.05) is 6.07 Å². The molecule has 0 aliphatic heterocycles. The number of aromatic hydroxyl groups is 2. The van der Waals surface area contributed by atoms with Crippen LogP contribution in [0.4, 0.5) is 0 Å². The molecule has 0 saturated carbocycles. The molecule has 29 nitrogen and oxygen atoms in total. The number of nitrogens with zero attached hydrogens (tertiary/aromatic N) is 3. The summed E-state index contributed by atoms with van der Waals surface area (Å²) >= 11 is 0. The zero-order valence-electron chi connectivity index (χ0n) is 46.3. The Balaban J connectivity index is 1.72. The fraction of sp³-hybridized carbons (Fsp3) is 0.426. The molecule has 1 heterocycles. The van der Waals surface area contributed by atoms with Crippen LogP contribution in [0.2, 0.25) is 0 Å². The number of carbonyl (C=O) groups is 8. The molecule has 0 spiro atoms. The second-order valence-corrected chi connectivity index (χ2v) is 19.6. The van der Waals surface area contributed by atoms with Crippen LogP contribution in [0.5, 0.6) is 11.5 Å². The minimum absolute atomic E-state index is 0.000877. The first-order valence-electron chi connectivity index (χ1n) is 26.9. The lowest BCUT2D eigenvalue weighted by Gasteiger charge is -2.28. The maximum atomic E-state index is 14.9. The summed E-state index contributed by atoms with van der Waals surface area (Å²) in [6.45, 7) is 1.53. The molecule has 0 radical (unpaired) electrons. The number of benzene rings is 3. The van der Waals surface area contributed by atoms with Gasteiger partial charge in [-0.2, -0.15) is 0 Å². The highest BCUT2D eigenvalue weighted by atomic mass is 16.3. The molecular formula is C54H79N19O10. The number of aliphatic imine (C=N–C) groups is 3. The standard InChI is InChI=1S/C54H79N19O10/c1-30(74)67-38(11-5-23-63-52(57)58)46(78)68-39(10-4-22-55)48(80)72-43(27-32-16-20-35(76)21-17-32)50(82)69-41(13-7-25-65-54(61)62)49(81)73-44(28-33-29-66-37-9-3-2-8-36(33)37)51(83)70-40(12-6-24-64-53(59)60)47(79)71-42(45(56)77)26-31-14-18-34(75)19-15-31/h2-3,8-9,14-21,29,38-44,66,75-76H,4-7,10-13,22-28,55H2,1H3,(H2,56,77)(H,67,74)(H,68,78)(H,69,82)(H,70,83)(H,71,79)(H,72,80)(H,73,81)(H4,57,58,63)(H4,59,60,64)(H4,61,62,65)/t38-,39?,40-,41-,42-,43-,44-/m0/s1. The Morgan fingerprint density at radius 3 is 1.20 bits per heavy atom. The monoisotopic (exact) mass is 1150 g/mol. The summed E-state index contributed by atoms with van der Waals surface area (Å²) in [4.78, 5) is 127. The molecule has 3 aromatic carbocycles. The number of H-pyrrole nitrogens is 1. The molecule has 0 aliphatic carbocycles. The number of carbonyl (C=O) groups excluding carboxylic acids is 8. The van der Waals surface area contributed by atoms with Crippen LogP contribution in [0.3, 0.4) is 0 Å². The van der Waals surface area contributed by atoms with Crippen LogP contribution >= 0.6 is 0 Å². The second kappa shape index (κ2) is 33.8. The fourth-order valence-corrected chi connectivity index (χ4v) is 8.68. The van der Waals surface area contributed by atoms with E-state index in [1.165, 1.54) is 43.3 Å². The van der Waals surface area contributed by atoms with E-state index in [0.717, 1.165) is 0 Å². The van der Waals surface area contributed by atoms with E-state index in [2.05, 4.69) is 57.2 Å². The first kappa shape index (κ1) is 65.8. The predicted octanol–water partition coefficient (Wildman–Crippen LogP) is -3.59. The van der Waals surface area contributed by atoms with E-state index in [-0.39, 0.29) is 126 Å². The molecule has 7 atom stereocenters. The van der Waals surface area contributed by atoms with Gasteiger partial charge in [0.15, 0.2) is 17.9 Å². The third-order valence-electron chi connectivity index (χ3n) is 12.9. The van der Waals surface area contributed by atoms with Crippen molar-refractivity contribution in [2.75, 3.05) is 26.2 Å². The second-order valence-electron chi connectivity index (χ2n) is 19.6. The van der Waals surface area contributed by atoms with E-state index in [4.69, 9.17) is 45.9 Å². The Hall–Kier alpha value is -9.67. The molecule has 8 amide bonds. The number of fused-ring (bicyclic) bond motifs is 1. The predicted molar refractivity (Wildman–Crippen MR) is 312 cm³/mol. The van der Waals surface area contributed by atoms with Crippen LogP contribution in [0.25, 0.3) is 10.9 Å². The Labute approximate surface area is 479 Å². The van der Waals surface area contributed by atoms with E-state index in [9.17, 15) is 48.6 Å². The number of phenols is 2. The van der Waals surface area contributed by atoms with Gasteiger partial charge in [0, 0.05) is 62.9 Å². The van der Waals surface area contributed by atoms with Gasteiger partial charge in [-0.15, -0.1) is 0 Å². The highest BCUT2D eigenvalue weighted by molar-refractivity contribution is 5.98. The first-order chi connectivity index (χ1) is 39.5. The molecule has 0 aliphatic rings. The first-order valence-corrected chi connectivity index (χ1v) is 26.9. The lowest BCUT2D eigenvalue weighted by Crippen LogP contribution is -2.60. The average molecular weight is 1150 g/mol. The number of amides is 8. The normalized spacial score (nSPS) is 13.4. The summed E-state index contributed by atoms with van der Waals surface area (Å²) in [5.41, 5.74) is 47.1. The van der Waals surface area contributed by atoms with Crippen molar-refractivity contribution >= 4 is 76.0 Å². The molecule has 0 bridgehead atoms. The lowest BCUT2D eigenvalue weighted by molar-refractivity contribution is -0.135. The Morgan fingerprint density at radius 1 is 0.458 bits per heavy atom. The maximum Gasteiger partial charge on any atom is 0.243 e. The van der Waals surface area contributed by atoms with Crippen molar-refractivity contribution in [3.05, 3.63) is 95.7 Å². The number of phenolic OH excluding ortho intramolecular Hbond substituents is 2. The van der Waals surface area contributed by atoms with Gasteiger partial charge in [0.1, 0.15) is 53.8 Å². The highest BCUT2D eigenvalue weighted by Crippen LogP contribution is 2.20. The third-order valence-corrected chi connectivity index (χ3v) is 12.9. The Kier molecular flexibility index (Phi) is 26.8. The summed E-state index contributed by atoms with van der Waals surface area (Å²) in [5.74, 6) is -7.14. The van der Waals surface area contributed by atoms with Crippen LogP contribution < -0.4 is 83.1 Å². The van der Waals surface area contributed by atoms with Crippen molar-refractivity contribution in [2.24, 2.45) is 60.8 Å². The molecule has 1 unspecified atom stereocenters. The molecular weight excluding hydrogens is 1070 g/mol. The largest absolute Gasteiger partial charge is 0.508 e. The summed E-state index contributed by atoms with van der Waals surface area (Å²) in [5, 5.41) is 39.4. The van der Waals surface area contributed by atoms with Gasteiger partial charge in [0.2, 0.25) is 47.3 Å². The van der Waals surface area contributed by atoms with Crippen molar-refractivity contribution in [1.29, 1.82) is 0 Å². The Morgan fingerprint density at radius 2 is 0.807 bits per heavy atom. The number of primary amides is 1. The van der Waals surface area contributed by atoms with Gasteiger partial charge in [0.05, 0.1) is 0 Å².